The van der Waals surface area contributed by atoms with Crippen molar-refractivity contribution in [3.63, 3.8) is 0 Å². The van der Waals surface area contributed by atoms with Crippen LogP contribution in [0.25, 0.3) is 0 Å². The van der Waals surface area contributed by atoms with Crippen LogP contribution in [0.15, 0.2) is 0 Å². The van der Waals surface area contributed by atoms with Gasteiger partial charge in [0.15, 0.2) is 0 Å². The molecule has 136 valence electrons. The summed E-state index contributed by atoms with van der Waals surface area (Å²) in [4.78, 5) is 25.6. The van der Waals surface area contributed by atoms with Crippen molar-refractivity contribution in [2.24, 2.45) is 11.8 Å². The van der Waals surface area contributed by atoms with E-state index in [0.717, 1.165) is 6.42 Å². The molecule has 6 nitrogen and oxygen atoms in total. The smallest absolute Gasteiger partial charge is 0.410 e. The van der Waals surface area contributed by atoms with Gasteiger partial charge >= 0.3 is 12.1 Å². The molecule has 0 radical (unpaired) electrons. The molecule has 0 aromatic rings. The topological polar surface area (TPSA) is 76.1 Å². The van der Waals surface area contributed by atoms with Crippen molar-refractivity contribution in [3.8, 4) is 0 Å². The van der Waals surface area contributed by atoms with Gasteiger partial charge in [0.1, 0.15) is 5.60 Å². The molecule has 3 atom stereocenters. The number of amides is 1. The summed E-state index contributed by atoms with van der Waals surface area (Å²) in [6.45, 7) is 11.3. The normalized spacial score (nSPS) is 15.5. The molecular formula is C17H33NO5. The van der Waals surface area contributed by atoms with Gasteiger partial charge in [-0.25, -0.2) is 4.79 Å². The highest BCUT2D eigenvalue weighted by atomic mass is 16.6. The fourth-order valence-corrected chi connectivity index (χ4v) is 2.59. The summed E-state index contributed by atoms with van der Waals surface area (Å²) in [5, 5.41) is 9.73. The number of carbonyl (C=O) groups excluding carboxylic acids is 2. The lowest BCUT2D eigenvalue weighted by Gasteiger charge is -2.38. The van der Waals surface area contributed by atoms with Crippen LogP contribution in [0.2, 0.25) is 0 Å². The van der Waals surface area contributed by atoms with E-state index < -0.39 is 11.7 Å². The third kappa shape index (κ3) is 7.68. The minimum atomic E-state index is -0.596. The molecule has 23 heavy (non-hydrogen) atoms. The van der Waals surface area contributed by atoms with Crippen molar-refractivity contribution in [1.29, 1.82) is 0 Å². The van der Waals surface area contributed by atoms with Gasteiger partial charge in [-0.05, 0) is 33.6 Å². The van der Waals surface area contributed by atoms with Crippen LogP contribution in [0, 0.1) is 11.8 Å². The van der Waals surface area contributed by atoms with Crippen molar-refractivity contribution in [2.45, 2.75) is 66.0 Å². The fraction of sp³-hybridized carbons (Fsp3) is 0.882. The maximum absolute atomic E-state index is 12.4. The highest BCUT2D eigenvalue weighted by molar-refractivity contribution is 5.71. The molecule has 0 saturated heterocycles. The van der Waals surface area contributed by atoms with Gasteiger partial charge in [-0.3, -0.25) is 4.79 Å². The van der Waals surface area contributed by atoms with Crippen LogP contribution in [-0.4, -0.2) is 54.0 Å². The largest absolute Gasteiger partial charge is 0.466 e. The Morgan fingerprint density at radius 3 is 2.17 bits per heavy atom. The molecule has 0 fully saturated rings. The summed E-state index contributed by atoms with van der Waals surface area (Å²) in [5.74, 6) is -0.641. The van der Waals surface area contributed by atoms with E-state index in [1.54, 1.807) is 34.7 Å². The first-order chi connectivity index (χ1) is 10.6. The highest BCUT2D eigenvalue weighted by Gasteiger charge is 2.35. The molecule has 0 aliphatic carbocycles. The Kier molecular flexibility index (Phi) is 9.20. The second-order valence-corrected chi connectivity index (χ2v) is 6.92. The van der Waals surface area contributed by atoms with Crippen LogP contribution in [0.4, 0.5) is 4.79 Å². The van der Waals surface area contributed by atoms with Crippen LogP contribution in [0.3, 0.4) is 0 Å². The Bertz CT molecular complexity index is 378. The predicted molar refractivity (Wildman–Crippen MR) is 89.1 cm³/mol. The number of carbonyl (C=O) groups is 2. The van der Waals surface area contributed by atoms with Gasteiger partial charge in [0.2, 0.25) is 0 Å². The Balaban J connectivity index is 5.23. The van der Waals surface area contributed by atoms with Crippen molar-refractivity contribution in [3.05, 3.63) is 0 Å². The van der Waals surface area contributed by atoms with Crippen LogP contribution in [-0.2, 0) is 14.3 Å². The number of esters is 1. The molecule has 0 rings (SSSR count). The van der Waals surface area contributed by atoms with Crippen molar-refractivity contribution in [2.75, 3.05) is 20.3 Å². The lowest BCUT2D eigenvalue weighted by Crippen LogP contribution is -2.49. The van der Waals surface area contributed by atoms with Crippen LogP contribution >= 0.6 is 0 Å². The first kappa shape index (κ1) is 21.7. The average Bonchev–Trinajstić information content (AvgIpc) is 2.44. The average molecular weight is 331 g/mol. The van der Waals surface area contributed by atoms with Gasteiger partial charge in [0.25, 0.3) is 0 Å². The minimum Gasteiger partial charge on any atom is -0.466 e. The van der Waals surface area contributed by atoms with E-state index in [1.807, 2.05) is 13.8 Å². The molecule has 0 bridgehead atoms. The summed E-state index contributed by atoms with van der Waals surface area (Å²) in [6.07, 6.45) is 0.439. The maximum atomic E-state index is 12.4. The number of aliphatic hydroxyl groups is 1. The van der Waals surface area contributed by atoms with E-state index >= 15 is 0 Å². The second-order valence-electron chi connectivity index (χ2n) is 6.92. The van der Waals surface area contributed by atoms with E-state index in [0.29, 0.717) is 6.61 Å². The van der Waals surface area contributed by atoms with Crippen LogP contribution in [0.5, 0.6) is 0 Å². The number of nitrogens with zero attached hydrogens (tertiary/aromatic N) is 1. The Labute approximate surface area is 140 Å². The van der Waals surface area contributed by atoms with Crippen molar-refractivity contribution < 1.29 is 24.2 Å². The molecule has 0 aliphatic rings. The Hall–Kier alpha value is -1.30. The first-order valence-corrected chi connectivity index (χ1v) is 8.29. The molecule has 0 unspecified atom stereocenters. The van der Waals surface area contributed by atoms with Gasteiger partial charge in [-0.15, -0.1) is 0 Å². The molecule has 0 aromatic carbocycles. The predicted octanol–water partition coefficient (Wildman–Crippen LogP) is 2.83. The van der Waals surface area contributed by atoms with Crippen LogP contribution in [0.1, 0.15) is 54.4 Å². The SMILES string of the molecule is CCOC(=O)C[C@H](CO)[C@H]([C@@H](C)CC)N(C)C(=O)OC(C)(C)C. The summed E-state index contributed by atoms with van der Waals surface area (Å²) in [7, 11) is 1.65. The van der Waals surface area contributed by atoms with Crippen molar-refractivity contribution >= 4 is 12.1 Å². The molecular weight excluding hydrogens is 298 g/mol. The molecule has 0 heterocycles. The van der Waals surface area contributed by atoms with E-state index in [9.17, 15) is 14.7 Å². The Morgan fingerprint density at radius 2 is 1.78 bits per heavy atom. The number of hydrogen-bond acceptors (Lipinski definition) is 5. The second kappa shape index (κ2) is 9.75. The van der Waals surface area contributed by atoms with Crippen molar-refractivity contribution in [1.82, 2.24) is 4.90 Å². The molecule has 0 aliphatic heterocycles. The standard InChI is InChI=1S/C17H33NO5/c1-8-12(3)15(13(11-19)10-14(20)22-9-2)18(7)16(21)23-17(4,5)6/h12-13,15,19H,8-11H2,1-7H3/t12-,13+,15-/m0/s1. The summed E-state index contributed by atoms with van der Waals surface area (Å²) in [5.41, 5.74) is -0.596. The number of rotatable bonds is 8. The van der Waals surface area contributed by atoms with Gasteiger partial charge in [0.05, 0.1) is 13.0 Å². The van der Waals surface area contributed by atoms with E-state index in [2.05, 4.69) is 0 Å². The molecule has 6 heteroatoms. The molecule has 1 amide bonds. The minimum absolute atomic E-state index is 0.0759. The van der Waals surface area contributed by atoms with Crippen LogP contribution < -0.4 is 0 Å². The number of hydrogen-bond donors (Lipinski definition) is 1. The Morgan fingerprint density at radius 1 is 1.22 bits per heavy atom. The van der Waals surface area contributed by atoms with E-state index in [-0.39, 0.29) is 36.9 Å². The zero-order chi connectivity index (χ0) is 18.2. The molecule has 0 aromatic heterocycles. The summed E-state index contributed by atoms with van der Waals surface area (Å²) < 4.78 is 10.4. The molecule has 1 N–H and O–H groups in total. The molecule has 0 spiro atoms. The van der Waals surface area contributed by atoms with E-state index in [4.69, 9.17) is 9.47 Å². The third-order valence-corrected chi connectivity index (χ3v) is 3.81. The first-order valence-electron chi connectivity index (χ1n) is 8.29. The number of aliphatic hydroxyl groups excluding tert-OH is 1. The van der Waals surface area contributed by atoms with Gasteiger partial charge < -0.3 is 19.5 Å². The lowest BCUT2D eigenvalue weighted by molar-refractivity contribution is -0.145. The highest BCUT2D eigenvalue weighted by Crippen LogP contribution is 2.26. The maximum Gasteiger partial charge on any atom is 0.410 e. The third-order valence-electron chi connectivity index (χ3n) is 3.81. The van der Waals surface area contributed by atoms with E-state index in [1.165, 1.54) is 4.90 Å². The molecule has 0 saturated carbocycles. The zero-order valence-electron chi connectivity index (χ0n) is 15.6. The number of ether oxygens (including phenoxy) is 2. The zero-order valence-corrected chi connectivity index (χ0v) is 15.6. The van der Waals surface area contributed by atoms with Gasteiger partial charge in [0, 0.05) is 25.6 Å². The van der Waals surface area contributed by atoms with Gasteiger partial charge in [-0.2, -0.15) is 0 Å². The monoisotopic (exact) mass is 331 g/mol. The fourth-order valence-electron chi connectivity index (χ4n) is 2.59. The summed E-state index contributed by atoms with van der Waals surface area (Å²) >= 11 is 0. The quantitative estimate of drug-likeness (QED) is 0.692. The summed E-state index contributed by atoms with van der Waals surface area (Å²) in [6, 6.07) is -0.302. The van der Waals surface area contributed by atoms with Gasteiger partial charge in [-0.1, -0.05) is 20.3 Å². The lowest BCUT2D eigenvalue weighted by atomic mass is 9.85.